The molecule has 3 aromatic rings. The molecule has 4 rings (SSSR count). The van der Waals surface area contributed by atoms with Crippen LogP contribution in [0, 0.1) is 12.7 Å². The van der Waals surface area contributed by atoms with E-state index in [1.165, 1.54) is 39.2 Å². The minimum absolute atomic E-state index is 0. The molecule has 0 unspecified atom stereocenters. The Morgan fingerprint density at radius 3 is 1.26 bits per heavy atom. The minimum Gasteiger partial charge on any atom is -1.00 e. The monoisotopic (exact) mass is 678 g/mol. The molecule has 42 heavy (non-hydrogen) atoms. The van der Waals surface area contributed by atoms with E-state index in [0.717, 1.165) is 0 Å². The van der Waals surface area contributed by atoms with Gasteiger partial charge in [-0.1, -0.05) is 91.8 Å². The minimum atomic E-state index is 0. The number of nitrogens with zero attached hydrogens (tertiary/aromatic N) is 3. The Morgan fingerprint density at radius 1 is 0.595 bits per heavy atom. The molecule has 232 valence electrons. The molecule has 0 bridgehead atoms. The molecule has 1 atom stereocenters. The summed E-state index contributed by atoms with van der Waals surface area (Å²) >= 11 is 0. The van der Waals surface area contributed by atoms with Gasteiger partial charge in [-0.05, 0) is 79.3 Å². The van der Waals surface area contributed by atoms with E-state index in [-0.39, 0.29) is 32.8 Å². The van der Waals surface area contributed by atoms with Crippen LogP contribution in [0.5, 0.6) is 0 Å². The molecule has 0 aliphatic carbocycles. The van der Waals surface area contributed by atoms with Gasteiger partial charge < -0.3 is 27.1 Å². The van der Waals surface area contributed by atoms with Crippen LogP contribution in [-0.2, 0) is 20.4 Å². The van der Waals surface area contributed by atoms with Crippen molar-refractivity contribution in [2.75, 3.05) is 23.9 Å². The quantitative estimate of drug-likeness (QED) is 0.184. The summed E-state index contributed by atoms with van der Waals surface area (Å²) in [7, 11) is 4.15. The molecule has 0 N–H and O–H groups in total. The van der Waals surface area contributed by atoms with Crippen LogP contribution in [0.2, 0.25) is 0 Å². The van der Waals surface area contributed by atoms with Crippen molar-refractivity contribution in [3.05, 3.63) is 114 Å². The molecule has 1 aliphatic heterocycles. The fourth-order valence-corrected chi connectivity index (χ4v) is 5.18. The van der Waals surface area contributed by atoms with Crippen molar-refractivity contribution in [1.82, 2.24) is 4.90 Å². The van der Waals surface area contributed by atoms with Gasteiger partial charge in [0, 0.05) is 17.4 Å². The predicted octanol–water partition coefficient (Wildman–Crippen LogP) is 7.21. The smallest absolute Gasteiger partial charge is 1.00 e. The number of halogens is 1. The fourth-order valence-electron chi connectivity index (χ4n) is 5.18. The maximum atomic E-state index is 3.21. The van der Waals surface area contributed by atoms with Crippen LogP contribution in [0.25, 0.3) is 0 Å². The predicted molar refractivity (Wildman–Crippen MR) is 175 cm³/mol. The van der Waals surface area contributed by atoms with Crippen molar-refractivity contribution in [1.29, 1.82) is 0 Å². The molecule has 0 radical (unpaired) electrons. The first-order valence-electron chi connectivity index (χ1n) is 14.9. The Labute approximate surface area is 277 Å². The fraction of sp³-hybridized carbons (Fsp3) is 0.432. The van der Waals surface area contributed by atoms with Crippen LogP contribution in [0.3, 0.4) is 0 Å². The second kappa shape index (κ2) is 17.3. The number of hydrogen-bond acceptors (Lipinski definition) is 3. The van der Waals surface area contributed by atoms with Crippen molar-refractivity contribution in [2.45, 2.75) is 92.0 Å². The van der Waals surface area contributed by atoms with Gasteiger partial charge in [-0.15, -0.1) is 12.2 Å². The van der Waals surface area contributed by atoms with Gasteiger partial charge in [0.2, 0.25) is 0 Å². The van der Waals surface area contributed by atoms with E-state index in [9.17, 15) is 0 Å². The van der Waals surface area contributed by atoms with E-state index in [0.29, 0.717) is 29.7 Å². The molecule has 1 aliphatic rings. The first kappa shape index (κ1) is 37.9. The molecular weight excluding hydrogens is 628 g/mol. The van der Waals surface area contributed by atoms with Gasteiger partial charge in [-0.25, -0.2) is 0 Å². The average Bonchev–Trinajstić information content (AvgIpc) is 3.42. The summed E-state index contributed by atoms with van der Waals surface area (Å²) in [6, 6.07) is 25.3. The Bertz CT molecular complexity index is 1130. The molecule has 1 heterocycles. The molecule has 3 nitrogen and oxygen atoms in total. The van der Waals surface area contributed by atoms with Crippen LogP contribution in [0.15, 0.2) is 73.1 Å². The molecule has 0 spiro atoms. The van der Waals surface area contributed by atoms with Crippen LogP contribution >= 0.6 is 0 Å². The molecule has 0 aromatic heterocycles. The second-order valence-electron chi connectivity index (χ2n) is 12.4. The van der Waals surface area contributed by atoms with E-state index in [4.69, 9.17) is 0 Å². The van der Waals surface area contributed by atoms with Crippen LogP contribution in [-0.4, -0.2) is 19.0 Å². The van der Waals surface area contributed by atoms with Crippen molar-refractivity contribution in [3.63, 3.8) is 0 Å². The Morgan fingerprint density at radius 2 is 0.976 bits per heavy atom. The van der Waals surface area contributed by atoms with E-state index in [2.05, 4.69) is 159 Å². The Balaban J connectivity index is 0.000000575. The second-order valence-corrected chi connectivity index (χ2v) is 12.4. The summed E-state index contributed by atoms with van der Waals surface area (Å²) < 4.78 is 0. The van der Waals surface area contributed by atoms with E-state index < -0.39 is 0 Å². The zero-order valence-corrected chi connectivity index (χ0v) is 29.7. The number of hydrogen-bond donors (Lipinski definition) is 0. The number of anilines is 2. The standard InChI is InChI=1S/C27H37N2.C10H14N.ClH.Pd/c1-18(2)22-11-9-12-23(19(3)4)26(22)28-15-16-29(17-28)27-24(20(5)6)13-10-14-25(27)21(7)8;1-9(11(2)3)10-7-5-4-6-8-10;;/h9-21H,1-8H3;4-7,9H,1-3H3;1H;/q2*-1;;+2/p-1/t;9-;;/m.0../s1. The topological polar surface area (TPSA) is 9.72 Å². The van der Waals surface area contributed by atoms with Crippen LogP contribution in [0.1, 0.15) is 120 Å². The Hall–Kier alpha value is -2.09. The zero-order valence-electron chi connectivity index (χ0n) is 27.4. The third kappa shape index (κ3) is 9.20. The van der Waals surface area contributed by atoms with Gasteiger partial charge in [0.05, 0.1) is 0 Å². The number of para-hydroxylation sites is 2. The van der Waals surface area contributed by atoms with Gasteiger partial charge in [-0.2, -0.15) is 30.3 Å². The molecule has 5 heteroatoms. The maximum Gasteiger partial charge on any atom is 2.00 e. The summed E-state index contributed by atoms with van der Waals surface area (Å²) in [6.45, 7) is 22.7. The van der Waals surface area contributed by atoms with Gasteiger partial charge in [0.25, 0.3) is 0 Å². The summed E-state index contributed by atoms with van der Waals surface area (Å²) in [4.78, 5) is 6.82. The summed E-state index contributed by atoms with van der Waals surface area (Å²) in [5.74, 6) is 1.92. The first-order valence-corrected chi connectivity index (χ1v) is 14.9. The van der Waals surface area contributed by atoms with E-state index in [1.54, 1.807) is 0 Å². The van der Waals surface area contributed by atoms with Gasteiger partial charge in [0.15, 0.2) is 0 Å². The van der Waals surface area contributed by atoms with E-state index >= 15 is 0 Å². The van der Waals surface area contributed by atoms with Crippen molar-refractivity contribution in [3.8, 4) is 0 Å². The molecular formula is C37H51ClN3Pd-. The molecule has 0 amide bonds. The number of benzene rings is 3. The zero-order chi connectivity index (χ0) is 29.6. The van der Waals surface area contributed by atoms with Crippen molar-refractivity contribution >= 4 is 11.4 Å². The van der Waals surface area contributed by atoms with Crippen LogP contribution in [0.4, 0.5) is 11.4 Å². The van der Waals surface area contributed by atoms with E-state index in [1.807, 2.05) is 18.2 Å². The molecule has 3 aromatic carbocycles. The SMILES string of the molecule is CC(C)c1cccc(C(C)C)c1N1C=CN(c2c(C(C)C)cccc2C(C)C)[CH-]1.C[C@@H](c1[c-]cccc1)N(C)C.[Cl-].[Pd+2]. The third-order valence-electron chi connectivity index (χ3n) is 7.80. The van der Waals surface area contributed by atoms with Gasteiger partial charge >= 0.3 is 20.4 Å². The molecule has 0 saturated heterocycles. The average molecular weight is 680 g/mol. The summed E-state index contributed by atoms with van der Waals surface area (Å²) in [6.07, 6.45) is 4.43. The van der Waals surface area contributed by atoms with Crippen molar-refractivity contribution in [2.24, 2.45) is 0 Å². The van der Waals surface area contributed by atoms with Gasteiger partial charge in [0.1, 0.15) is 0 Å². The summed E-state index contributed by atoms with van der Waals surface area (Å²) in [5.41, 5.74) is 9.53. The van der Waals surface area contributed by atoms with Crippen LogP contribution < -0.4 is 22.2 Å². The molecule has 0 saturated carbocycles. The van der Waals surface area contributed by atoms with Gasteiger partial charge in [-0.3, -0.25) is 0 Å². The summed E-state index contributed by atoms with van der Waals surface area (Å²) in [5, 5.41) is 0. The Kier molecular flexibility index (Phi) is 15.6. The normalized spacial score (nSPS) is 13.4. The van der Waals surface area contributed by atoms with Crippen molar-refractivity contribution < 1.29 is 32.8 Å². The molecule has 0 fully saturated rings. The first-order chi connectivity index (χ1) is 18.9. The third-order valence-corrected chi connectivity index (χ3v) is 7.80. The number of rotatable bonds is 8. The largest absolute Gasteiger partial charge is 2.00 e. The maximum absolute atomic E-state index is 3.21.